The van der Waals surface area contributed by atoms with Crippen molar-refractivity contribution >= 4 is 45.7 Å². The quantitative estimate of drug-likeness (QED) is 0.284. The van der Waals surface area contributed by atoms with Gasteiger partial charge in [-0.05, 0) is 88.3 Å². The SMILES string of the molecule is CC1(C)OC(Nc2ccc3ncnc(Nc4ccc(OCc5ccccn5)c(Cl)c4)c3c2)=NC12CCNCC2. The fraction of sp³-hybridized carbons (Fsp3) is 0.310. The van der Waals surface area contributed by atoms with Crippen LogP contribution in [0.25, 0.3) is 10.9 Å². The Hall–Kier alpha value is -3.95. The highest BCUT2D eigenvalue weighted by molar-refractivity contribution is 6.32. The van der Waals surface area contributed by atoms with E-state index >= 15 is 0 Å². The van der Waals surface area contributed by atoms with E-state index in [1.165, 1.54) is 6.33 Å². The Morgan fingerprint density at radius 3 is 2.59 bits per heavy atom. The Morgan fingerprint density at radius 1 is 0.974 bits per heavy atom. The number of benzene rings is 2. The van der Waals surface area contributed by atoms with Crippen LogP contribution in [0.5, 0.6) is 5.75 Å². The summed E-state index contributed by atoms with van der Waals surface area (Å²) in [6.45, 7) is 6.45. The predicted octanol–water partition coefficient (Wildman–Crippen LogP) is 5.70. The minimum absolute atomic E-state index is 0.222. The van der Waals surface area contributed by atoms with Crippen molar-refractivity contribution in [2.45, 2.75) is 44.4 Å². The molecule has 0 amide bonds. The molecular formula is C29H30ClN7O2. The van der Waals surface area contributed by atoms with Gasteiger partial charge in [-0.2, -0.15) is 0 Å². The first-order valence-electron chi connectivity index (χ1n) is 13.0. The third-order valence-corrected chi connectivity index (χ3v) is 7.70. The van der Waals surface area contributed by atoms with Crippen LogP contribution in [0.15, 0.2) is 72.1 Å². The molecule has 0 aliphatic carbocycles. The number of nitrogens with zero attached hydrogens (tertiary/aromatic N) is 4. The van der Waals surface area contributed by atoms with Crippen LogP contribution in [-0.2, 0) is 11.3 Å². The molecule has 2 aromatic carbocycles. The number of halogens is 1. The first-order valence-corrected chi connectivity index (χ1v) is 13.4. The van der Waals surface area contributed by atoms with Gasteiger partial charge in [-0.1, -0.05) is 17.7 Å². The topological polar surface area (TPSA) is 106 Å². The second-order valence-corrected chi connectivity index (χ2v) is 10.7. The molecule has 1 spiro atoms. The monoisotopic (exact) mass is 543 g/mol. The van der Waals surface area contributed by atoms with Gasteiger partial charge in [-0.25, -0.2) is 15.0 Å². The molecule has 39 heavy (non-hydrogen) atoms. The lowest BCUT2D eigenvalue weighted by atomic mass is 9.76. The van der Waals surface area contributed by atoms with Crippen molar-refractivity contribution in [2.75, 3.05) is 23.7 Å². The number of piperidine rings is 1. The Balaban J connectivity index is 1.20. The summed E-state index contributed by atoms with van der Waals surface area (Å²) in [6.07, 6.45) is 5.16. The number of aromatic nitrogens is 3. The van der Waals surface area contributed by atoms with E-state index in [0.717, 1.165) is 53.9 Å². The zero-order valence-corrected chi connectivity index (χ0v) is 22.6. The van der Waals surface area contributed by atoms with Crippen LogP contribution in [0.3, 0.4) is 0 Å². The molecule has 0 atom stereocenters. The molecule has 200 valence electrons. The van der Waals surface area contributed by atoms with Gasteiger partial charge in [0.2, 0.25) is 0 Å². The molecule has 4 heterocycles. The second-order valence-electron chi connectivity index (χ2n) is 10.3. The van der Waals surface area contributed by atoms with Crippen molar-refractivity contribution in [3.63, 3.8) is 0 Å². The van der Waals surface area contributed by atoms with Crippen molar-refractivity contribution in [1.29, 1.82) is 0 Å². The summed E-state index contributed by atoms with van der Waals surface area (Å²) in [6, 6.07) is 17.7. The molecule has 2 aliphatic rings. The maximum absolute atomic E-state index is 6.53. The Morgan fingerprint density at radius 2 is 1.79 bits per heavy atom. The molecule has 0 bridgehead atoms. The smallest absolute Gasteiger partial charge is 0.290 e. The number of pyridine rings is 1. The number of hydrogen-bond acceptors (Lipinski definition) is 9. The molecule has 1 saturated heterocycles. The van der Waals surface area contributed by atoms with Crippen molar-refractivity contribution in [3.8, 4) is 5.75 Å². The van der Waals surface area contributed by atoms with Crippen molar-refractivity contribution in [1.82, 2.24) is 20.3 Å². The fourth-order valence-electron chi connectivity index (χ4n) is 5.12. The van der Waals surface area contributed by atoms with Gasteiger partial charge in [0.1, 0.15) is 35.6 Å². The van der Waals surface area contributed by atoms with Crippen LogP contribution in [0, 0.1) is 0 Å². The van der Waals surface area contributed by atoms with Gasteiger partial charge >= 0.3 is 0 Å². The van der Waals surface area contributed by atoms with Crippen LogP contribution in [0.1, 0.15) is 32.4 Å². The predicted molar refractivity (Wildman–Crippen MR) is 154 cm³/mol. The summed E-state index contributed by atoms with van der Waals surface area (Å²) in [5.74, 6) is 1.24. The molecular weight excluding hydrogens is 514 g/mol. The maximum Gasteiger partial charge on any atom is 0.290 e. The van der Waals surface area contributed by atoms with E-state index in [2.05, 4.69) is 44.7 Å². The summed E-state index contributed by atoms with van der Waals surface area (Å²) in [7, 11) is 0. The molecule has 2 aliphatic heterocycles. The minimum atomic E-state index is -0.378. The van der Waals surface area contributed by atoms with Crippen molar-refractivity contribution < 1.29 is 9.47 Å². The largest absolute Gasteiger partial charge is 0.486 e. The standard InChI is InChI=1S/C29H30ClN7O2/c1-28(2)29(10-13-31-14-11-29)37-27(39-28)36-19-6-8-24-22(15-19)26(34-18-33-24)35-20-7-9-25(23(30)16-20)38-17-21-5-3-4-12-32-21/h3-9,12,15-16,18,31H,10-11,13-14,17H2,1-2H3,(H,36,37)(H,33,34,35). The number of aliphatic imine (C=N–C) groups is 1. The molecule has 0 saturated carbocycles. The van der Waals surface area contributed by atoms with E-state index in [1.54, 1.807) is 6.20 Å². The third-order valence-electron chi connectivity index (χ3n) is 7.40. The average Bonchev–Trinajstić information content (AvgIpc) is 3.17. The van der Waals surface area contributed by atoms with Gasteiger partial charge in [0.05, 0.1) is 16.2 Å². The minimum Gasteiger partial charge on any atom is -0.486 e. The van der Waals surface area contributed by atoms with Crippen LogP contribution >= 0.6 is 11.6 Å². The lowest BCUT2D eigenvalue weighted by molar-refractivity contribution is 0.0281. The Kier molecular flexibility index (Phi) is 6.70. The molecule has 6 rings (SSSR count). The number of fused-ring (bicyclic) bond motifs is 1. The van der Waals surface area contributed by atoms with E-state index < -0.39 is 0 Å². The summed E-state index contributed by atoms with van der Waals surface area (Å²) in [5.41, 5.74) is 2.66. The van der Waals surface area contributed by atoms with E-state index in [9.17, 15) is 0 Å². The maximum atomic E-state index is 6.53. The highest BCUT2D eigenvalue weighted by atomic mass is 35.5. The Bertz CT molecular complexity index is 1520. The zero-order valence-electron chi connectivity index (χ0n) is 21.9. The first kappa shape index (κ1) is 25.3. The molecule has 0 unspecified atom stereocenters. The van der Waals surface area contributed by atoms with E-state index in [1.807, 2.05) is 54.6 Å². The van der Waals surface area contributed by atoms with Crippen LogP contribution in [0.4, 0.5) is 17.2 Å². The highest BCUT2D eigenvalue weighted by Crippen LogP contribution is 2.42. The molecule has 4 aromatic rings. The molecule has 2 aromatic heterocycles. The molecule has 9 nitrogen and oxygen atoms in total. The Labute approximate surface area is 232 Å². The van der Waals surface area contributed by atoms with Crippen LogP contribution in [0.2, 0.25) is 5.02 Å². The number of hydrogen-bond donors (Lipinski definition) is 3. The second kappa shape index (κ2) is 10.3. The van der Waals surface area contributed by atoms with Gasteiger partial charge in [-0.15, -0.1) is 0 Å². The number of amidine groups is 1. The van der Waals surface area contributed by atoms with Crippen molar-refractivity contribution in [2.24, 2.45) is 4.99 Å². The molecule has 0 radical (unpaired) electrons. The van der Waals surface area contributed by atoms with Crippen molar-refractivity contribution in [3.05, 3.63) is 77.8 Å². The van der Waals surface area contributed by atoms with Gasteiger partial charge in [0.25, 0.3) is 6.02 Å². The number of anilines is 3. The van der Waals surface area contributed by atoms with Crippen LogP contribution < -0.4 is 20.7 Å². The molecule has 3 N–H and O–H groups in total. The van der Waals surface area contributed by atoms with E-state index in [4.69, 9.17) is 26.1 Å². The third kappa shape index (κ3) is 5.20. The fourth-order valence-corrected chi connectivity index (χ4v) is 5.36. The zero-order chi connectivity index (χ0) is 26.9. The number of rotatable bonds is 6. The first-order chi connectivity index (χ1) is 18.9. The van der Waals surface area contributed by atoms with Gasteiger partial charge in [-0.3, -0.25) is 4.98 Å². The lowest BCUT2D eigenvalue weighted by Crippen LogP contribution is -2.52. The highest BCUT2D eigenvalue weighted by Gasteiger charge is 2.52. The van der Waals surface area contributed by atoms with E-state index in [-0.39, 0.29) is 11.1 Å². The summed E-state index contributed by atoms with van der Waals surface area (Å²) in [4.78, 5) is 18.2. The van der Waals surface area contributed by atoms with Crippen LogP contribution in [-0.4, -0.2) is 45.2 Å². The summed E-state index contributed by atoms with van der Waals surface area (Å²) >= 11 is 6.53. The van der Waals surface area contributed by atoms with E-state index in [0.29, 0.717) is 29.2 Å². The van der Waals surface area contributed by atoms with Gasteiger partial charge in [0, 0.05) is 23.0 Å². The van der Waals surface area contributed by atoms with Gasteiger partial charge in [0.15, 0.2) is 0 Å². The normalized spacial score (nSPS) is 17.5. The lowest BCUT2D eigenvalue weighted by Gasteiger charge is -2.40. The summed E-state index contributed by atoms with van der Waals surface area (Å²) < 4.78 is 12.1. The number of nitrogens with one attached hydrogen (secondary N) is 3. The van der Waals surface area contributed by atoms with Gasteiger partial charge < -0.3 is 25.4 Å². The molecule has 10 heteroatoms. The summed E-state index contributed by atoms with van der Waals surface area (Å²) in [5, 5.41) is 11.5. The number of ether oxygens (including phenoxy) is 2. The average molecular weight is 544 g/mol. The molecule has 1 fully saturated rings.